The van der Waals surface area contributed by atoms with Crippen molar-refractivity contribution in [1.82, 2.24) is 9.97 Å². The van der Waals surface area contributed by atoms with Crippen molar-refractivity contribution in [2.75, 3.05) is 0 Å². The largest absolute Gasteiger partial charge is 0.357 e. The first-order chi connectivity index (χ1) is 6.22. The summed E-state index contributed by atoms with van der Waals surface area (Å²) in [6.07, 6.45) is 0.961. The van der Waals surface area contributed by atoms with Gasteiger partial charge in [0.1, 0.15) is 0 Å². The molecule has 0 bridgehead atoms. The first kappa shape index (κ1) is 8.10. The highest BCUT2D eigenvalue weighted by Crippen LogP contribution is 2.17. The van der Waals surface area contributed by atoms with Gasteiger partial charge in [-0.05, 0) is 25.0 Å². The van der Waals surface area contributed by atoms with Crippen LogP contribution in [-0.2, 0) is 6.42 Å². The van der Waals surface area contributed by atoms with E-state index < -0.39 is 0 Å². The summed E-state index contributed by atoms with van der Waals surface area (Å²) in [5.74, 6) is 0. The van der Waals surface area contributed by atoms with Gasteiger partial charge in [0.15, 0.2) is 0 Å². The van der Waals surface area contributed by atoms with Crippen LogP contribution in [-0.4, -0.2) is 9.97 Å². The molecule has 2 rings (SSSR count). The third-order valence-corrected chi connectivity index (χ3v) is 2.39. The molecule has 0 saturated carbocycles. The van der Waals surface area contributed by atoms with Crippen molar-refractivity contribution < 1.29 is 0 Å². The van der Waals surface area contributed by atoms with Crippen LogP contribution in [0.25, 0.3) is 11.0 Å². The fourth-order valence-corrected chi connectivity index (χ4v) is 1.64. The van der Waals surface area contributed by atoms with Gasteiger partial charge >= 0.3 is 0 Å². The average molecular weight is 176 g/mol. The number of fused-ring (bicyclic) bond motifs is 1. The minimum atomic E-state index is -0.0442. The fourth-order valence-electron chi connectivity index (χ4n) is 1.64. The zero-order valence-electron chi connectivity index (χ0n) is 7.77. The number of hydrogen-bond donors (Lipinski definition) is 2. The normalized spacial score (nSPS) is 10.9. The lowest BCUT2D eigenvalue weighted by Gasteiger charge is -1.91. The van der Waals surface area contributed by atoms with Crippen molar-refractivity contribution in [3.63, 3.8) is 0 Å². The lowest BCUT2D eigenvalue weighted by molar-refractivity contribution is 1.05. The van der Waals surface area contributed by atoms with Gasteiger partial charge < -0.3 is 9.97 Å². The average Bonchev–Trinajstić information content (AvgIpc) is 2.44. The van der Waals surface area contributed by atoms with E-state index in [2.05, 4.69) is 16.9 Å². The summed E-state index contributed by atoms with van der Waals surface area (Å²) in [5.41, 5.74) is 4.24. The Hall–Kier alpha value is -1.51. The van der Waals surface area contributed by atoms with E-state index >= 15 is 0 Å². The first-order valence-corrected chi connectivity index (χ1v) is 4.43. The SMILES string of the molecule is CCc1[nH]c2ccc(=O)[nH]c2c1C. The molecular weight excluding hydrogens is 164 g/mol. The van der Waals surface area contributed by atoms with Gasteiger partial charge in [-0.25, -0.2) is 0 Å². The summed E-state index contributed by atoms with van der Waals surface area (Å²) in [6, 6.07) is 3.36. The fraction of sp³-hybridized carbons (Fsp3) is 0.300. The van der Waals surface area contributed by atoms with E-state index in [1.54, 1.807) is 0 Å². The monoisotopic (exact) mass is 176 g/mol. The van der Waals surface area contributed by atoms with Crippen molar-refractivity contribution in [1.29, 1.82) is 0 Å². The van der Waals surface area contributed by atoms with E-state index in [0.717, 1.165) is 23.0 Å². The molecule has 2 N–H and O–H groups in total. The summed E-state index contributed by atoms with van der Waals surface area (Å²) in [5, 5.41) is 0. The molecule has 0 atom stereocenters. The predicted octanol–water partition coefficient (Wildman–Crippen LogP) is 1.73. The Labute approximate surface area is 75.8 Å². The maximum atomic E-state index is 11.1. The first-order valence-electron chi connectivity index (χ1n) is 4.43. The molecule has 0 spiro atoms. The lowest BCUT2D eigenvalue weighted by Crippen LogP contribution is -2.01. The third kappa shape index (κ3) is 1.16. The molecule has 13 heavy (non-hydrogen) atoms. The number of aromatic amines is 2. The van der Waals surface area contributed by atoms with Gasteiger partial charge in [0.2, 0.25) is 5.56 Å². The van der Waals surface area contributed by atoms with Gasteiger partial charge in [0.25, 0.3) is 0 Å². The van der Waals surface area contributed by atoms with E-state index in [1.807, 2.05) is 13.0 Å². The van der Waals surface area contributed by atoms with Crippen molar-refractivity contribution in [2.24, 2.45) is 0 Å². The van der Waals surface area contributed by atoms with Gasteiger partial charge in [-0.2, -0.15) is 0 Å². The van der Waals surface area contributed by atoms with Crippen LogP contribution < -0.4 is 5.56 Å². The second-order valence-corrected chi connectivity index (χ2v) is 3.19. The Morgan fingerprint density at radius 3 is 2.77 bits per heavy atom. The summed E-state index contributed by atoms with van der Waals surface area (Å²) in [6.45, 7) is 4.11. The number of rotatable bonds is 1. The molecule has 0 radical (unpaired) electrons. The molecular formula is C10H12N2O. The lowest BCUT2D eigenvalue weighted by atomic mass is 10.2. The van der Waals surface area contributed by atoms with Crippen LogP contribution >= 0.6 is 0 Å². The second-order valence-electron chi connectivity index (χ2n) is 3.19. The Morgan fingerprint density at radius 2 is 2.08 bits per heavy atom. The number of aryl methyl sites for hydroxylation is 2. The maximum absolute atomic E-state index is 11.1. The highest BCUT2D eigenvalue weighted by Gasteiger charge is 2.05. The van der Waals surface area contributed by atoms with Crippen molar-refractivity contribution in [3.05, 3.63) is 33.7 Å². The summed E-state index contributed by atoms with van der Waals surface area (Å²) < 4.78 is 0. The number of nitrogens with one attached hydrogen (secondary N) is 2. The molecule has 0 aliphatic heterocycles. The number of H-pyrrole nitrogens is 2. The molecule has 3 nitrogen and oxygen atoms in total. The Morgan fingerprint density at radius 1 is 1.31 bits per heavy atom. The van der Waals surface area contributed by atoms with Crippen molar-refractivity contribution in [2.45, 2.75) is 20.3 Å². The molecule has 2 heterocycles. The van der Waals surface area contributed by atoms with Gasteiger partial charge in [-0.15, -0.1) is 0 Å². The van der Waals surface area contributed by atoms with Gasteiger partial charge in [-0.3, -0.25) is 4.79 Å². The van der Waals surface area contributed by atoms with E-state index in [4.69, 9.17) is 0 Å². The molecule has 0 aliphatic carbocycles. The number of hydrogen-bond acceptors (Lipinski definition) is 1. The van der Waals surface area contributed by atoms with Crippen molar-refractivity contribution >= 4 is 11.0 Å². The van der Waals surface area contributed by atoms with Crippen molar-refractivity contribution in [3.8, 4) is 0 Å². The topological polar surface area (TPSA) is 48.6 Å². The minimum Gasteiger partial charge on any atom is -0.357 e. The highest BCUT2D eigenvalue weighted by molar-refractivity contribution is 5.79. The van der Waals surface area contributed by atoms with Crippen LogP contribution in [0.4, 0.5) is 0 Å². The molecule has 0 fully saturated rings. The van der Waals surface area contributed by atoms with E-state index in [1.165, 1.54) is 11.8 Å². The summed E-state index contributed by atoms with van der Waals surface area (Å²) >= 11 is 0. The molecule has 68 valence electrons. The maximum Gasteiger partial charge on any atom is 0.248 e. The van der Waals surface area contributed by atoms with E-state index in [9.17, 15) is 4.79 Å². The van der Waals surface area contributed by atoms with Crippen LogP contribution in [0, 0.1) is 6.92 Å². The Bertz CT molecular complexity index is 493. The van der Waals surface area contributed by atoms with Gasteiger partial charge in [0.05, 0.1) is 11.0 Å². The number of aromatic nitrogens is 2. The molecule has 0 amide bonds. The van der Waals surface area contributed by atoms with Crippen LogP contribution in [0.3, 0.4) is 0 Å². The molecule has 0 unspecified atom stereocenters. The second kappa shape index (κ2) is 2.76. The minimum absolute atomic E-state index is 0.0442. The molecule has 2 aromatic heterocycles. The standard InChI is InChI=1S/C10H12N2O/c1-3-7-6(2)10-8(11-7)4-5-9(13)12-10/h4-5,11H,3H2,1-2H3,(H,12,13). The molecule has 2 aromatic rings. The molecule has 3 heteroatoms. The van der Waals surface area contributed by atoms with Gasteiger partial charge in [-0.1, -0.05) is 6.92 Å². The Balaban J connectivity index is 2.85. The third-order valence-electron chi connectivity index (χ3n) is 2.39. The zero-order valence-corrected chi connectivity index (χ0v) is 7.77. The number of pyridine rings is 1. The van der Waals surface area contributed by atoms with Crippen LogP contribution in [0.1, 0.15) is 18.2 Å². The van der Waals surface area contributed by atoms with E-state index in [0.29, 0.717) is 0 Å². The van der Waals surface area contributed by atoms with Crippen LogP contribution in [0.5, 0.6) is 0 Å². The quantitative estimate of drug-likeness (QED) is 0.683. The smallest absolute Gasteiger partial charge is 0.248 e. The highest BCUT2D eigenvalue weighted by atomic mass is 16.1. The Kier molecular flexibility index (Phi) is 1.72. The van der Waals surface area contributed by atoms with Gasteiger partial charge in [0, 0.05) is 11.8 Å². The summed E-state index contributed by atoms with van der Waals surface area (Å²) in [4.78, 5) is 17.2. The molecule has 0 saturated heterocycles. The summed E-state index contributed by atoms with van der Waals surface area (Å²) in [7, 11) is 0. The van der Waals surface area contributed by atoms with E-state index in [-0.39, 0.29) is 5.56 Å². The van der Waals surface area contributed by atoms with Crippen LogP contribution in [0.15, 0.2) is 16.9 Å². The zero-order chi connectivity index (χ0) is 9.42. The molecule has 0 aliphatic rings. The molecule has 0 aromatic carbocycles. The predicted molar refractivity (Wildman–Crippen MR) is 53.0 cm³/mol. The van der Waals surface area contributed by atoms with Crippen LogP contribution in [0.2, 0.25) is 0 Å².